The molecule has 0 aromatic heterocycles. The molecule has 0 spiro atoms. The molecule has 4 heteroatoms. The maximum atomic E-state index is 13.8. The Bertz CT molecular complexity index is 581. The third-order valence-corrected chi connectivity index (χ3v) is 5.98. The highest BCUT2D eigenvalue weighted by Gasteiger charge is 2.44. The van der Waals surface area contributed by atoms with Crippen LogP contribution in [-0.4, -0.2) is 29.9 Å². The number of carbonyl (C=O) groups excluding carboxylic acids is 1. The Morgan fingerprint density at radius 3 is 2.71 bits per heavy atom. The van der Waals surface area contributed by atoms with E-state index in [0.717, 1.165) is 63.6 Å². The summed E-state index contributed by atoms with van der Waals surface area (Å²) in [6, 6.07) is 6.79. The van der Waals surface area contributed by atoms with Crippen molar-refractivity contribution in [3.05, 3.63) is 35.6 Å². The van der Waals surface area contributed by atoms with E-state index < -0.39 is 5.41 Å². The van der Waals surface area contributed by atoms with Crippen LogP contribution in [0.4, 0.5) is 4.39 Å². The van der Waals surface area contributed by atoms with Crippen molar-refractivity contribution in [1.29, 1.82) is 0 Å². The number of rotatable bonds is 3. The van der Waals surface area contributed by atoms with Crippen LogP contribution in [-0.2, 0) is 10.2 Å². The normalized spacial score (nSPS) is 25.3. The average molecular weight is 332 g/mol. The van der Waals surface area contributed by atoms with Crippen molar-refractivity contribution in [1.82, 2.24) is 4.90 Å². The van der Waals surface area contributed by atoms with Crippen LogP contribution in [0.1, 0.15) is 57.4 Å². The van der Waals surface area contributed by atoms with E-state index in [1.807, 2.05) is 17.9 Å². The lowest BCUT2D eigenvalue weighted by atomic mass is 9.68. The molecule has 0 bridgehead atoms. The Morgan fingerprint density at radius 1 is 1.29 bits per heavy atom. The largest absolute Gasteiger partial charge is 0.342 e. The number of amides is 1. The van der Waals surface area contributed by atoms with E-state index in [-0.39, 0.29) is 17.8 Å². The summed E-state index contributed by atoms with van der Waals surface area (Å²) >= 11 is 0. The van der Waals surface area contributed by atoms with E-state index >= 15 is 0 Å². The van der Waals surface area contributed by atoms with Gasteiger partial charge in [-0.25, -0.2) is 4.39 Å². The minimum atomic E-state index is -0.542. The van der Waals surface area contributed by atoms with E-state index in [1.165, 1.54) is 6.07 Å². The lowest BCUT2D eigenvalue weighted by molar-refractivity contribution is -0.141. The molecule has 3 nitrogen and oxygen atoms in total. The van der Waals surface area contributed by atoms with Gasteiger partial charge in [0.05, 0.1) is 5.41 Å². The van der Waals surface area contributed by atoms with Crippen molar-refractivity contribution in [3.63, 3.8) is 0 Å². The first-order valence-electron chi connectivity index (χ1n) is 9.34. The fourth-order valence-corrected chi connectivity index (χ4v) is 4.49. The summed E-state index contributed by atoms with van der Waals surface area (Å²) in [5.74, 6) is 0.311. The zero-order valence-electron chi connectivity index (χ0n) is 14.6. The van der Waals surface area contributed by atoms with Gasteiger partial charge in [-0.15, -0.1) is 0 Å². The van der Waals surface area contributed by atoms with Gasteiger partial charge in [0.15, 0.2) is 0 Å². The number of carbonyl (C=O) groups is 1. The molecule has 1 aliphatic heterocycles. The van der Waals surface area contributed by atoms with Gasteiger partial charge in [-0.1, -0.05) is 31.4 Å². The quantitative estimate of drug-likeness (QED) is 0.919. The van der Waals surface area contributed by atoms with Crippen molar-refractivity contribution in [3.8, 4) is 0 Å². The summed E-state index contributed by atoms with van der Waals surface area (Å²) in [4.78, 5) is 15.5. The smallest absolute Gasteiger partial charge is 0.233 e. The molecule has 1 saturated carbocycles. The van der Waals surface area contributed by atoms with Gasteiger partial charge in [0, 0.05) is 19.1 Å². The van der Waals surface area contributed by atoms with Crippen LogP contribution in [0.15, 0.2) is 24.3 Å². The van der Waals surface area contributed by atoms with Gasteiger partial charge in [-0.05, 0) is 56.2 Å². The Morgan fingerprint density at radius 2 is 2.04 bits per heavy atom. The molecule has 1 saturated heterocycles. The minimum absolute atomic E-state index is 0.108. The minimum Gasteiger partial charge on any atom is -0.342 e. The summed E-state index contributed by atoms with van der Waals surface area (Å²) in [5, 5.41) is 0. The molecule has 0 radical (unpaired) electrons. The fourth-order valence-electron chi connectivity index (χ4n) is 4.49. The summed E-state index contributed by atoms with van der Waals surface area (Å²) in [5.41, 5.74) is 6.40. The molecule has 2 N–H and O–H groups in total. The number of likely N-dealkylation sites (tertiary alicyclic amines) is 1. The standard InChI is InChI=1S/C20H29FN2O/c1-15(22)16-7-6-12-23(14-16)19(24)20(10-3-2-4-11-20)17-8-5-9-18(21)13-17/h5,8-9,13,15-16H,2-4,6-7,10-12,14,22H2,1H3. The second kappa shape index (κ2) is 7.22. The molecule has 1 aromatic rings. The van der Waals surface area contributed by atoms with Crippen LogP contribution in [0.25, 0.3) is 0 Å². The zero-order valence-corrected chi connectivity index (χ0v) is 14.6. The van der Waals surface area contributed by atoms with Crippen molar-refractivity contribution < 1.29 is 9.18 Å². The van der Waals surface area contributed by atoms with E-state index in [4.69, 9.17) is 5.73 Å². The highest BCUT2D eigenvalue weighted by Crippen LogP contribution is 2.42. The van der Waals surface area contributed by atoms with Crippen LogP contribution in [0.2, 0.25) is 0 Å². The van der Waals surface area contributed by atoms with E-state index in [2.05, 4.69) is 0 Å². The second-order valence-corrected chi connectivity index (χ2v) is 7.67. The molecular formula is C20H29FN2O. The summed E-state index contributed by atoms with van der Waals surface area (Å²) in [7, 11) is 0. The molecule has 1 heterocycles. The molecular weight excluding hydrogens is 303 g/mol. The van der Waals surface area contributed by atoms with Gasteiger partial charge < -0.3 is 10.6 Å². The Balaban J connectivity index is 1.89. The van der Waals surface area contributed by atoms with Crippen molar-refractivity contribution in [2.45, 2.75) is 63.3 Å². The molecule has 132 valence electrons. The number of nitrogens with zero attached hydrogens (tertiary/aromatic N) is 1. The van der Waals surface area contributed by atoms with Crippen LogP contribution in [0.3, 0.4) is 0 Å². The van der Waals surface area contributed by atoms with Gasteiger partial charge in [-0.2, -0.15) is 0 Å². The Labute approximate surface area is 144 Å². The lowest BCUT2D eigenvalue weighted by Crippen LogP contribution is -2.53. The van der Waals surface area contributed by atoms with E-state index in [0.29, 0.717) is 5.92 Å². The molecule has 1 amide bonds. The Hall–Kier alpha value is -1.42. The maximum absolute atomic E-state index is 13.8. The van der Waals surface area contributed by atoms with Gasteiger partial charge in [0.2, 0.25) is 5.91 Å². The van der Waals surface area contributed by atoms with Gasteiger partial charge >= 0.3 is 0 Å². The van der Waals surface area contributed by atoms with Gasteiger partial charge in [0.1, 0.15) is 5.82 Å². The van der Waals surface area contributed by atoms with Crippen molar-refractivity contribution in [2.24, 2.45) is 11.7 Å². The monoisotopic (exact) mass is 332 g/mol. The highest BCUT2D eigenvalue weighted by molar-refractivity contribution is 5.88. The average Bonchev–Trinajstić information content (AvgIpc) is 2.61. The molecule has 2 fully saturated rings. The number of halogens is 1. The van der Waals surface area contributed by atoms with Crippen LogP contribution >= 0.6 is 0 Å². The predicted molar refractivity (Wildman–Crippen MR) is 94.1 cm³/mol. The second-order valence-electron chi connectivity index (χ2n) is 7.67. The predicted octanol–water partition coefficient (Wildman–Crippen LogP) is 3.61. The van der Waals surface area contributed by atoms with Gasteiger partial charge in [-0.3, -0.25) is 4.79 Å². The van der Waals surface area contributed by atoms with Gasteiger partial charge in [0.25, 0.3) is 0 Å². The molecule has 1 aromatic carbocycles. The molecule has 24 heavy (non-hydrogen) atoms. The van der Waals surface area contributed by atoms with Crippen molar-refractivity contribution in [2.75, 3.05) is 13.1 Å². The lowest BCUT2D eigenvalue weighted by Gasteiger charge is -2.43. The molecule has 2 aliphatic rings. The number of benzene rings is 1. The number of nitrogens with two attached hydrogens (primary N) is 1. The topological polar surface area (TPSA) is 46.3 Å². The molecule has 1 aliphatic carbocycles. The number of hydrogen-bond acceptors (Lipinski definition) is 2. The van der Waals surface area contributed by atoms with Crippen molar-refractivity contribution >= 4 is 5.91 Å². The van der Waals surface area contributed by atoms with Crippen LogP contribution in [0.5, 0.6) is 0 Å². The zero-order chi connectivity index (χ0) is 17.2. The highest BCUT2D eigenvalue weighted by atomic mass is 19.1. The van der Waals surface area contributed by atoms with E-state index in [1.54, 1.807) is 12.1 Å². The summed E-state index contributed by atoms with van der Waals surface area (Å²) < 4.78 is 13.8. The first-order chi connectivity index (χ1) is 11.5. The molecule has 2 atom stereocenters. The maximum Gasteiger partial charge on any atom is 0.233 e. The number of hydrogen-bond donors (Lipinski definition) is 1. The molecule has 2 unspecified atom stereocenters. The van der Waals surface area contributed by atoms with Crippen LogP contribution in [0, 0.1) is 11.7 Å². The first-order valence-corrected chi connectivity index (χ1v) is 9.34. The fraction of sp³-hybridized carbons (Fsp3) is 0.650. The first kappa shape index (κ1) is 17.4. The number of piperidine rings is 1. The third kappa shape index (κ3) is 3.34. The summed E-state index contributed by atoms with van der Waals surface area (Å²) in [6.07, 6.45) is 6.99. The summed E-state index contributed by atoms with van der Waals surface area (Å²) in [6.45, 7) is 3.58. The van der Waals surface area contributed by atoms with E-state index in [9.17, 15) is 9.18 Å². The Kier molecular flexibility index (Phi) is 5.24. The third-order valence-electron chi connectivity index (χ3n) is 5.98. The SMILES string of the molecule is CC(N)C1CCCN(C(=O)C2(c3cccc(F)c3)CCCCC2)C1. The molecule has 3 rings (SSSR count). The van der Waals surface area contributed by atoms with Crippen LogP contribution < -0.4 is 5.73 Å².